The van der Waals surface area contributed by atoms with Crippen molar-refractivity contribution in [3.05, 3.63) is 60.2 Å². The lowest BCUT2D eigenvalue weighted by atomic mass is 10.1. The molecule has 2 aromatic carbocycles. The van der Waals surface area contributed by atoms with Crippen LogP contribution in [0.1, 0.15) is 11.6 Å². The predicted molar refractivity (Wildman–Crippen MR) is 71.9 cm³/mol. The van der Waals surface area contributed by atoms with E-state index in [0.29, 0.717) is 11.4 Å². The van der Waals surface area contributed by atoms with E-state index in [2.05, 4.69) is 5.32 Å². The van der Waals surface area contributed by atoms with Gasteiger partial charge < -0.3 is 10.1 Å². The van der Waals surface area contributed by atoms with Gasteiger partial charge >= 0.3 is 6.18 Å². The molecule has 0 heterocycles. The number of ether oxygens (including phenoxy) is 1. The Morgan fingerprint density at radius 1 is 1.00 bits per heavy atom. The molecule has 0 bridgehead atoms. The molecule has 2 nitrogen and oxygen atoms in total. The molecule has 0 aliphatic heterocycles. The highest BCUT2D eigenvalue weighted by Crippen LogP contribution is 2.36. The molecule has 0 radical (unpaired) electrons. The van der Waals surface area contributed by atoms with Crippen LogP contribution in [0.4, 0.5) is 18.9 Å². The van der Waals surface area contributed by atoms with Crippen LogP contribution in [-0.4, -0.2) is 13.3 Å². The number of rotatable bonds is 4. The molecule has 1 unspecified atom stereocenters. The van der Waals surface area contributed by atoms with Crippen molar-refractivity contribution < 1.29 is 17.9 Å². The van der Waals surface area contributed by atoms with Crippen molar-refractivity contribution in [1.82, 2.24) is 0 Å². The second-order valence-corrected chi connectivity index (χ2v) is 4.26. The first-order chi connectivity index (χ1) is 9.50. The summed E-state index contributed by atoms with van der Waals surface area (Å²) in [7, 11) is 1.47. The smallest absolute Gasteiger partial charge is 0.412 e. The Bertz CT molecular complexity index is 555. The van der Waals surface area contributed by atoms with Gasteiger partial charge in [0.2, 0.25) is 0 Å². The maximum Gasteiger partial charge on any atom is 0.412 e. The van der Waals surface area contributed by atoms with Gasteiger partial charge in [0.1, 0.15) is 11.8 Å². The number of nitrogens with one attached hydrogen (secondary N) is 1. The molecule has 0 fully saturated rings. The zero-order valence-electron chi connectivity index (χ0n) is 10.8. The molecule has 20 heavy (non-hydrogen) atoms. The summed E-state index contributed by atoms with van der Waals surface area (Å²) in [6.07, 6.45) is -4.38. The molecule has 1 N–H and O–H groups in total. The summed E-state index contributed by atoms with van der Waals surface area (Å²) in [4.78, 5) is 0. The summed E-state index contributed by atoms with van der Waals surface area (Å²) in [6, 6.07) is 12.4. The molecule has 0 amide bonds. The fourth-order valence-electron chi connectivity index (χ4n) is 1.88. The largest absolute Gasteiger partial charge is 0.497 e. The average molecular weight is 281 g/mol. The van der Waals surface area contributed by atoms with E-state index < -0.39 is 12.2 Å². The van der Waals surface area contributed by atoms with Gasteiger partial charge in [-0.25, -0.2) is 0 Å². The van der Waals surface area contributed by atoms with E-state index >= 15 is 0 Å². The summed E-state index contributed by atoms with van der Waals surface area (Å²) < 4.78 is 44.5. The topological polar surface area (TPSA) is 21.3 Å². The van der Waals surface area contributed by atoms with Gasteiger partial charge in [-0.1, -0.05) is 36.4 Å². The van der Waals surface area contributed by atoms with Crippen LogP contribution in [-0.2, 0) is 0 Å². The van der Waals surface area contributed by atoms with Crippen LogP contribution in [0.5, 0.6) is 5.75 Å². The quantitative estimate of drug-likeness (QED) is 0.896. The van der Waals surface area contributed by atoms with E-state index in [1.807, 2.05) is 0 Å². The minimum atomic E-state index is -4.38. The molecule has 5 heteroatoms. The van der Waals surface area contributed by atoms with Gasteiger partial charge in [-0.3, -0.25) is 0 Å². The van der Waals surface area contributed by atoms with Gasteiger partial charge in [0.25, 0.3) is 0 Å². The van der Waals surface area contributed by atoms with Crippen LogP contribution in [0.2, 0.25) is 0 Å². The molecule has 2 aromatic rings. The predicted octanol–water partition coefficient (Wildman–Crippen LogP) is 4.41. The van der Waals surface area contributed by atoms with Crippen molar-refractivity contribution in [2.24, 2.45) is 0 Å². The zero-order valence-corrected chi connectivity index (χ0v) is 10.8. The first kappa shape index (κ1) is 14.2. The molecule has 0 aromatic heterocycles. The summed E-state index contributed by atoms with van der Waals surface area (Å²) in [5.74, 6) is 0.504. The number of hydrogen-bond acceptors (Lipinski definition) is 2. The van der Waals surface area contributed by atoms with Crippen LogP contribution < -0.4 is 10.1 Å². The van der Waals surface area contributed by atoms with Gasteiger partial charge in [0, 0.05) is 11.8 Å². The fourth-order valence-corrected chi connectivity index (χ4v) is 1.88. The highest BCUT2D eigenvalue weighted by atomic mass is 19.4. The number of methoxy groups -OCH3 is 1. The Morgan fingerprint density at radius 2 is 1.70 bits per heavy atom. The maximum atomic E-state index is 13.2. The number of alkyl halides is 3. The maximum absolute atomic E-state index is 13.2. The van der Waals surface area contributed by atoms with E-state index in [9.17, 15) is 13.2 Å². The van der Waals surface area contributed by atoms with Crippen LogP contribution >= 0.6 is 0 Å². The molecular weight excluding hydrogens is 267 g/mol. The van der Waals surface area contributed by atoms with Crippen LogP contribution in [0, 0.1) is 0 Å². The highest BCUT2D eigenvalue weighted by molar-refractivity contribution is 5.50. The van der Waals surface area contributed by atoms with Crippen molar-refractivity contribution >= 4 is 5.69 Å². The number of benzene rings is 2. The monoisotopic (exact) mass is 281 g/mol. The van der Waals surface area contributed by atoms with Gasteiger partial charge in [-0.15, -0.1) is 0 Å². The zero-order chi connectivity index (χ0) is 14.6. The summed E-state index contributed by atoms with van der Waals surface area (Å²) in [5.41, 5.74) is 0.526. The van der Waals surface area contributed by atoms with Crippen molar-refractivity contribution in [3.63, 3.8) is 0 Å². The minimum Gasteiger partial charge on any atom is -0.497 e. The molecule has 0 saturated heterocycles. The third-order valence-electron chi connectivity index (χ3n) is 2.84. The minimum absolute atomic E-state index is 0.169. The van der Waals surface area contributed by atoms with Crippen molar-refractivity contribution in [2.45, 2.75) is 12.2 Å². The number of anilines is 1. The first-order valence-electron chi connectivity index (χ1n) is 6.03. The van der Waals surface area contributed by atoms with Gasteiger partial charge in [-0.2, -0.15) is 13.2 Å². The van der Waals surface area contributed by atoms with Gasteiger partial charge in [0.15, 0.2) is 0 Å². The highest BCUT2D eigenvalue weighted by Gasteiger charge is 2.40. The summed E-state index contributed by atoms with van der Waals surface area (Å²) in [5, 5.41) is 2.50. The molecule has 1 atom stereocenters. The lowest BCUT2D eigenvalue weighted by Gasteiger charge is -2.23. The van der Waals surface area contributed by atoms with Crippen molar-refractivity contribution in [3.8, 4) is 5.75 Å². The SMILES string of the molecule is COc1cccc(NC(c2ccccc2)C(F)(F)F)c1. The molecular formula is C15H14F3NO. The molecule has 0 aliphatic carbocycles. The third kappa shape index (κ3) is 3.44. The average Bonchev–Trinajstić information content (AvgIpc) is 2.45. The Morgan fingerprint density at radius 3 is 2.30 bits per heavy atom. The molecule has 0 aliphatic rings. The van der Waals surface area contributed by atoms with E-state index in [1.54, 1.807) is 36.4 Å². The van der Waals surface area contributed by atoms with Crippen LogP contribution in [0.3, 0.4) is 0 Å². The van der Waals surface area contributed by atoms with Gasteiger partial charge in [0.05, 0.1) is 7.11 Å². The van der Waals surface area contributed by atoms with E-state index in [-0.39, 0.29) is 5.56 Å². The van der Waals surface area contributed by atoms with E-state index in [4.69, 9.17) is 4.74 Å². The Hall–Kier alpha value is -2.17. The molecule has 2 rings (SSSR count). The standard InChI is InChI=1S/C15H14F3NO/c1-20-13-9-5-8-12(10-13)19-14(15(16,17)18)11-6-3-2-4-7-11/h2-10,14,19H,1H3. The molecule has 0 saturated carbocycles. The first-order valence-corrected chi connectivity index (χ1v) is 6.03. The van der Waals surface area contributed by atoms with E-state index in [1.165, 1.54) is 25.3 Å². The molecule has 106 valence electrons. The fraction of sp³-hybridized carbons (Fsp3) is 0.200. The van der Waals surface area contributed by atoms with Gasteiger partial charge in [-0.05, 0) is 17.7 Å². The normalized spacial score (nSPS) is 12.8. The summed E-state index contributed by atoms with van der Waals surface area (Å²) in [6.45, 7) is 0. The summed E-state index contributed by atoms with van der Waals surface area (Å²) >= 11 is 0. The second kappa shape index (κ2) is 5.86. The Kier molecular flexibility index (Phi) is 4.17. The Balaban J connectivity index is 2.29. The third-order valence-corrected chi connectivity index (χ3v) is 2.84. The second-order valence-electron chi connectivity index (χ2n) is 4.26. The van der Waals surface area contributed by atoms with Crippen molar-refractivity contribution in [2.75, 3.05) is 12.4 Å². The Labute approximate surface area is 115 Å². The lowest BCUT2D eigenvalue weighted by Crippen LogP contribution is -2.27. The van der Waals surface area contributed by atoms with E-state index in [0.717, 1.165) is 0 Å². The van der Waals surface area contributed by atoms with Crippen molar-refractivity contribution in [1.29, 1.82) is 0 Å². The number of halogens is 3. The van der Waals surface area contributed by atoms with Crippen LogP contribution in [0.15, 0.2) is 54.6 Å². The lowest BCUT2D eigenvalue weighted by molar-refractivity contribution is -0.144. The van der Waals surface area contributed by atoms with Crippen LogP contribution in [0.25, 0.3) is 0 Å². The molecule has 0 spiro atoms. The number of hydrogen-bond donors (Lipinski definition) is 1.